The topological polar surface area (TPSA) is 107 Å². The highest BCUT2D eigenvalue weighted by molar-refractivity contribution is 7.80. The number of hydrogen-bond acceptors (Lipinski definition) is 7. The molecule has 0 saturated heterocycles. The van der Waals surface area contributed by atoms with Gasteiger partial charge in [0.1, 0.15) is 11.5 Å². The predicted molar refractivity (Wildman–Crippen MR) is 109 cm³/mol. The molecule has 0 aromatic heterocycles. The van der Waals surface area contributed by atoms with Gasteiger partial charge >= 0.3 is 0 Å². The summed E-state index contributed by atoms with van der Waals surface area (Å²) in [5.41, 5.74) is 4.73. The Morgan fingerprint density at radius 2 is 1.41 bits per heavy atom. The highest BCUT2D eigenvalue weighted by Crippen LogP contribution is 2.25. The molecule has 154 valence electrons. The van der Waals surface area contributed by atoms with Crippen LogP contribution in [0.25, 0.3) is 0 Å². The molecule has 2 rings (SSSR count). The molecule has 0 bridgehead atoms. The van der Waals surface area contributed by atoms with E-state index in [1.165, 1.54) is 7.11 Å². The summed E-state index contributed by atoms with van der Waals surface area (Å²) in [5.74, 6) is 1.13. The first-order valence-electron chi connectivity index (χ1n) is 8.43. The SMILES string of the molecule is COc1ccc(OCC(=O)NNC(=S)NC(=O)COc2ccccc2OC)cc1. The molecule has 0 radical (unpaired) electrons. The summed E-state index contributed by atoms with van der Waals surface area (Å²) < 4.78 is 20.9. The lowest BCUT2D eigenvalue weighted by Crippen LogP contribution is -2.50. The molecular formula is C19H21N3O6S. The second-order valence-electron chi connectivity index (χ2n) is 5.45. The maximum Gasteiger partial charge on any atom is 0.276 e. The van der Waals surface area contributed by atoms with Gasteiger partial charge in [0.25, 0.3) is 11.8 Å². The van der Waals surface area contributed by atoms with Gasteiger partial charge in [-0.05, 0) is 48.6 Å². The number of thiocarbonyl (C=S) groups is 1. The van der Waals surface area contributed by atoms with E-state index in [0.717, 1.165) is 0 Å². The van der Waals surface area contributed by atoms with Crippen LogP contribution < -0.4 is 35.1 Å². The first-order chi connectivity index (χ1) is 14.0. The lowest BCUT2D eigenvalue weighted by molar-refractivity contribution is -0.124. The number of amides is 2. The summed E-state index contributed by atoms with van der Waals surface area (Å²) in [6, 6.07) is 13.7. The molecule has 9 nitrogen and oxygen atoms in total. The summed E-state index contributed by atoms with van der Waals surface area (Å²) in [5, 5.41) is 2.29. The van der Waals surface area contributed by atoms with E-state index in [9.17, 15) is 9.59 Å². The Hall–Kier alpha value is -3.53. The number of carbonyl (C=O) groups is 2. The molecule has 10 heteroatoms. The molecule has 0 heterocycles. The van der Waals surface area contributed by atoms with Crippen molar-refractivity contribution in [3.05, 3.63) is 48.5 Å². The van der Waals surface area contributed by atoms with Gasteiger partial charge in [0.2, 0.25) is 0 Å². The smallest absolute Gasteiger partial charge is 0.276 e. The summed E-state index contributed by atoms with van der Waals surface area (Å²) in [4.78, 5) is 23.7. The highest BCUT2D eigenvalue weighted by atomic mass is 32.1. The third kappa shape index (κ3) is 7.54. The first-order valence-corrected chi connectivity index (χ1v) is 8.84. The minimum absolute atomic E-state index is 0.0866. The Labute approximate surface area is 173 Å². The van der Waals surface area contributed by atoms with Crippen LogP contribution in [-0.2, 0) is 9.59 Å². The van der Waals surface area contributed by atoms with Gasteiger partial charge in [0.15, 0.2) is 29.8 Å². The Morgan fingerprint density at radius 1 is 0.793 bits per heavy atom. The summed E-state index contributed by atoms with van der Waals surface area (Å²) in [6.07, 6.45) is 0. The van der Waals surface area contributed by atoms with E-state index in [-0.39, 0.29) is 18.3 Å². The second-order valence-corrected chi connectivity index (χ2v) is 5.86. The van der Waals surface area contributed by atoms with Crippen molar-refractivity contribution in [3.63, 3.8) is 0 Å². The highest BCUT2D eigenvalue weighted by Gasteiger charge is 2.09. The fourth-order valence-electron chi connectivity index (χ4n) is 2.06. The molecule has 2 aromatic rings. The predicted octanol–water partition coefficient (Wildman–Crippen LogP) is 1.18. The zero-order valence-electron chi connectivity index (χ0n) is 15.9. The van der Waals surface area contributed by atoms with Gasteiger partial charge in [0.05, 0.1) is 14.2 Å². The number of methoxy groups -OCH3 is 2. The summed E-state index contributed by atoms with van der Waals surface area (Å²) in [7, 11) is 3.06. The van der Waals surface area contributed by atoms with Crippen molar-refractivity contribution in [1.82, 2.24) is 16.2 Å². The summed E-state index contributed by atoms with van der Waals surface area (Å²) in [6.45, 7) is -0.524. The third-order valence-electron chi connectivity index (χ3n) is 3.43. The average Bonchev–Trinajstić information content (AvgIpc) is 2.75. The normalized spacial score (nSPS) is 9.72. The first kappa shape index (κ1) is 21.8. The number of para-hydroxylation sites is 2. The van der Waals surface area contributed by atoms with Crippen molar-refractivity contribution in [3.8, 4) is 23.0 Å². The van der Waals surface area contributed by atoms with Gasteiger partial charge in [-0.25, -0.2) is 0 Å². The Balaban J connectivity index is 1.66. The van der Waals surface area contributed by atoms with Crippen LogP contribution in [0.3, 0.4) is 0 Å². The molecule has 3 N–H and O–H groups in total. The van der Waals surface area contributed by atoms with Crippen LogP contribution in [0, 0.1) is 0 Å². The molecule has 0 atom stereocenters. The van der Waals surface area contributed by atoms with Gasteiger partial charge < -0.3 is 18.9 Å². The molecule has 0 aliphatic heterocycles. The number of ether oxygens (including phenoxy) is 4. The van der Waals surface area contributed by atoms with Crippen molar-refractivity contribution < 1.29 is 28.5 Å². The number of hydrogen-bond donors (Lipinski definition) is 3. The Bertz CT molecular complexity index is 844. The van der Waals surface area contributed by atoms with Crippen LogP contribution in [-0.4, -0.2) is 44.4 Å². The number of nitrogens with one attached hydrogen (secondary N) is 3. The van der Waals surface area contributed by atoms with Gasteiger partial charge in [-0.2, -0.15) is 0 Å². The van der Waals surface area contributed by atoms with E-state index >= 15 is 0 Å². The van der Waals surface area contributed by atoms with E-state index < -0.39 is 11.8 Å². The van der Waals surface area contributed by atoms with E-state index in [1.807, 2.05) is 0 Å². The molecule has 0 fully saturated rings. The fourth-order valence-corrected chi connectivity index (χ4v) is 2.22. The maximum absolute atomic E-state index is 11.9. The van der Waals surface area contributed by atoms with Crippen LogP contribution in [0.15, 0.2) is 48.5 Å². The molecule has 2 amide bonds. The fraction of sp³-hybridized carbons (Fsp3) is 0.211. The largest absolute Gasteiger partial charge is 0.497 e. The summed E-state index contributed by atoms with van der Waals surface area (Å²) >= 11 is 4.94. The second kappa shape index (κ2) is 11.3. The number of carbonyl (C=O) groups excluding carboxylic acids is 2. The van der Waals surface area contributed by atoms with Gasteiger partial charge in [-0.1, -0.05) is 12.1 Å². The molecular weight excluding hydrogens is 398 g/mol. The van der Waals surface area contributed by atoms with Gasteiger partial charge in [-0.3, -0.25) is 25.8 Å². The van der Waals surface area contributed by atoms with Crippen LogP contribution in [0.2, 0.25) is 0 Å². The van der Waals surface area contributed by atoms with Crippen molar-refractivity contribution in [2.24, 2.45) is 0 Å². The number of benzene rings is 2. The number of hydrazine groups is 1. The quantitative estimate of drug-likeness (QED) is 0.433. The van der Waals surface area contributed by atoms with Gasteiger partial charge in [0, 0.05) is 0 Å². The van der Waals surface area contributed by atoms with Gasteiger partial charge in [-0.15, -0.1) is 0 Å². The molecule has 0 aliphatic rings. The van der Waals surface area contributed by atoms with Crippen LogP contribution in [0.4, 0.5) is 0 Å². The van der Waals surface area contributed by atoms with Crippen molar-refractivity contribution in [1.29, 1.82) is 0 Å². The van der Waals surface area contributed by atoms with Crippen molar-refractivity contribution in [2.75, 3.05) is 27.4 Å². The van der Waals surface area contributed by atoms with Crippen LogP contribution in [0.5, 0.6) is 23.0 Å². The van der Waals surface area contributed by atoms with Crippen molar-refractivity contribution in [2.45, 2.75) is 0 Å². The molecule has 0 aliphatic carbocycles. The lowest BCUT2D eigenvalue weighted by atomic mass is 10.3. The van der Waals surface area contributed by atoms with Crippen LogP contribution >= 0.6 is 12.2 Å². The number of rotatable bonds is 8. The molecule has 0 spiro atoms. The maximum atomic E-state index is 11.9. The molecule has 0 unspecified atom stereocenters. The van der Waals surface area contributed by atoms with E-state index in [1.54, 1.807) is 55.6 Å². The monoisotopic (exact) mass is 419 g/mol. The lowest BCUT2D eigenvalue weighted by Gasteiger charge is -2.13. The standard InChI is InChI=1S/C19H21N3O6S/c1-25-13-7-9-14(10-8-13)27-12-18(24)21-22-19(29)20-17(23)11-28-16-6-4-3-5-15(16)26-2/h3-10H,11-12H2,1-2H3,(H,21,24)(H2,20,22,23,29). The van der Waals surface area contributed by atoms with Crippen molar-refractivity contribution >= 4 is 29.1 Å². The zero-order valence-corrected chi connectivity index (χ0v) is 16.7. The average molecular weight is 419 g/mol. The third-order valence-corrected chi connectivity index (χ3v) is 3.63. The van der Waals surface area contributed by atoms with Crippen LogP contribution in [0.1, 0.15) is 0 Å². The molecule has 29 heavy (non-hydrogen) atoms. The Morgan fingerprint density at radius 3 is 2.07 bits per heavy atom. The molecule has 0 saturated carbocycles. The zero-order chi connectivity index (χ0) is 21.1. The van der Waals surface area contributed by atoms with E-state index in [4.69, 9.17) is 31.2 Å². The Kier molecular flexibility index (Phi) is 8.51. The molecule has 2 aromatic carbocycles. The minimum Gasteiger partial charge on any atom is -0.497 e. The van der Waals surface area contributed by atoms with E-state index in [2.05, 4.69) is 16.2 Å². The minimum atomic E-state index is -0.503. The van der Waals surface area contributed by atoms with E-state index in [0.29, 0.717) is 23.0 Å².